The highest BCUT2D eigenvalue weighted by molar-refractivity contribution is 5.95. The molecule has 138 valence electrons. The normalized spacial score (nSPS) is 16.1. The number of aromatic nitrogens is 3. The number of carbonyl (C=O) groups is 1. The lowest BCUT2D eigenvalue weighted by Gasteiger charge is -2.35. The van der Waals surface area contributed by atoms with Crippen molar-refractivity contribution < 1.29 is 9.53 Å². The van der Waals surface area contributed by atoms with Gasteiger partial charge in [0.1, 0.15) is 17.2 Å². The van der Waals surface area contributed by atoms with Crippen LogP contribution in [0, 0.1) is 0 Å². The third-order valence-corrected chi connectivity index (χ3v) is 4.93. The third-order valence-electron chi connectivity index (χ3n) is 4.93. The summed E-state index contributed by atoms with van der Waals surface area (Å²) in [5, 5.41) is 8.31. The van der Waals surface area contributed by atoms with Crippen molar-refractivity contribution in [2.45, 2.75) is 32.7 Å². The van der Waals surface area contributed by atoms with Crippen LogP contribution >= 0.6 is 0 Å². The number of aryl methyl sites for hydroxylation is 1. The van der Waals surface area contributed by atoms with Gasteiger partial charge in [0, 0.05) is 31.1 Å². The molecule has 0 saturated carbocycles. The summed E-state index contributed by atoms with van der Waals surface area (Å²) in [6.45, 7) is 3.69. The van der Waals surface area contributed by atoms with Gasteiger partial charge in [-0.3, -0.25) is 9.48 Å². The van der Waals surface area contributed by atoms with Crippen LogP contribution in [0.2, 0.25) is 0 Å². The number of carbonyl (C=O) groups excluding carboxylic acids is 1. The monoisotopic (exact) mass is 362 g/mol. The number of amides is 1. The standard InChI is InChI=1S/C21H22N4O2/c1-14-9-10-18-20(25(14)15(2)26)12-11-17(19-13-24(3)23-22-19)21(18)27-16-7-5-4-6-8-16/h4-8,11-14H,9-10H2,1-3H3/t14-/m0/s1. The molecule has 0 spiro atoms. The average molecular weight is 362 g/mol. The van der Waals surface area contributed by atoms with Crippen LogP contribution in [0.5, 0.6) is 11.5 Å². The number of hydrogen-bond acceptors (Lipinski definition) is 4. The Morgan fingerprint density at radius 3 is 2.63 bits per heavy atom. The lowest BCUT2D eigenvalue weighted by molar-refractivity contribution is -0.117. The van der Waals surface area contributed by atoms with Gasteiger partial charge >= 0.3 is 0 Å². The van der Waals surface area contributed by atoms with Gasteiger partial charge in [-0.25, -0.2) is 0 Å². The molecule has 27 heavy (non-hydrogen) atoms. The molecule has 6 heteroatoms. The number of nitrogens with zero attached hydrogens (tertiary/aromatic N) is 4. The van der Waals surface area contributed by atoms with Gasteiger partial charge in [0.25, 0.3) is 0 Å². The molecule has 0 bridgehead atoms. The number of benzene rings is 2. The van der Waals surface area contributed by atoms with Gasteiger partial charge in [0.05, 0.1) is 11.9 Å². The van der Waals surface area contributed by atoms with Gasteiger partial charge < -0.3 is 9.64 Å². The zero-order valence-electron chi connectivity index (χ0n) is 15.7. The highest BCUT2D eigenvalue weighted by Gasteiger charge is 2.30. The molecule has 1 aromatic heterocycles. The molecule has 4 rings (SSSR count). The molecule has 2 aromatic carbocycles. The Hall–Kier alpha value is -3.15. The van der Waals surface area contributed by atoms with Crippen molar-refractivity contribution >= 4 is 11.6 Å². The van der Waals surface area contributed by atoms with Crippen LogP contribution in [0.4, 0.5) is 5.69 Å². The Balaban J connectivity index is 1.89. The predicted octanol–water partition coefficient (Wildman–Crippen LogP) is 3.96. The predicted molar refractivity (Wildman–Crippen MR) is 104 cm³/mol. The topological polar surface area (TPSA) is 60.2 Å². The van der Waals surface area contributed by atoms with Gasteiger partial charge in [-0.2, -0.15) is 0 Å². The number of ether oxygens (including phenoxy) is 1. The molecule has 0 unspecified atom stereocenters. The first-order valence-electron chi connectivity index (χ1n) is 9.10. The van der Waals surface area contributed by atoms with Gasteiger partial charge in [0.2, 0.25) is 5.91 Å². The first-order valence-corrected chi connectivity index (χ1v) is 9.10. The molecule has 0 fully saturated rings. The Kier molecular flexibility index (Phi) is 4.39. The van der Waals surface area contributed by atoms with E-state index in [-0.39, 0.29) is 11.9 Å². The van der Waals surface area contributed by atoms with Crippen molar-refractivity contribution in [1.82, 2.24) is 15.0 Å². The summed E-state index contributed by atoms with van der Waals surface area (Å²) >= 11 is 0. The minimum Gasteiger partial charge on any atom is -0.456 e. The molecule has 3 aromatic rings. The maximum Gasteiger partial charge on any atom is 0.224 e. The Morgan fingerprint density at radius 2 is 1.96 bits per heavy atom. The summed E-state index contributed by atoms with van der Waals surface area (Å²) in [5.41, 5.74) is 3.58. The summed E-state index contributed by atoms with van der Waals surface area (Å²) in [7, 11) is 1.84. The zero-order chi connectivity index (χ0) is 19.0. The van der Waals surface area contributed by atoms with Crippen LogP contribution in [0.1, 0.15) is 25.8 Å². The number of rotatable bonds is 3. The maximum atomic E-state index is 12.3. The van der Waals surface area contributed by atoms with Crippen LogP contribution in [-0.4, -0.2) is 26.9 Å². The molecule has 1 amide bonds. The molecule has 1 atom stereocenters. The second kappa shape index (κ2) is 6.87. The number of para-hydroxylation sites is 1. The summed E-state index contributed by atoms with van der Waals surface area (Å²) in [4.78, 5) is 14.1. The fraction of sp³-hybridized carbons (Fsp3) is 0.286. The van der Waals surface area contributed by atoms with Crippen LogP contribution in [0.15, 0.2) is 48.7 Å². The van der Waals surface area contributed by atoms with Crippen molar-refractivity contribution in [3.8, 4) is 22.8 Å². The van der Waals surface area contributed by atoms with E-state index in [1.165, 1.54) is 0 Å². The maximum absolute atomic E-state index is 12.3. The minimum atomic E-state index is 0.0429. The first kappa shape index (κ1) is 17.3. The first-order chi connectivity index (χ1) is 13.0. The molecule has 0 radical (unpaired) electrons. The van der Waals surface area contributed by atoms with Crippen molar-refractivity contribution in [3.05, 3.63) is 54.2 Å². The molecular weight excluding hydrogens is 340 g/mol. The van der Waals surface area contributed by atoms with E-state index in [1.807, 2.05) is 60.6 Å². The smallest absolute Gasteiger partial charge is 0.224 e. The van der Waals surface area contributed by atoms with Gasteiger partial charge in [0.15, 0.2) is 0 Å². The number of anilines is 1. The highest BCUT2D eigenvalue weighted by Crippen LogP contribution is 2.44. The molecule has 1 aliphatic heterocycles. The van der Waals surface area contributed by atoms with E-state index in [0.717, 1.165) is 46.8 Å². The van der Waals surface area contributed by atoms with E-state index in [1.54, 1.807) is 11.6 Å². The second-order valence-electron chi connectivity index (χ2n) is 6.91. The van der Waals surface area contributed by atoms with Crippen LogP contribution in [0.3, 0.4) is 0 Å². The molecular formula is C21H22N4O2. The van der Waals surface area contributed by atoms with E-state index in [4.69, 9.17) is 4.74 Å². The molecule has 0 N–H and O–H groups in total. The second-order valence-corrected chi connectivity index (χ2v) is 6.91. The summed E-state index contributed by atoms with van der Waals surface area (Å²) in [5.74, 6) is 1.54. The van der Waals surface area contributed by atoms with Crippen molar-refractivity contribution in [1.29, 1.82) is 0 Å². The lowest BCUT2D eigenvalue weighted by Crippen LogP contribution is -2.40. The van der Waals surface area contributed by atoms with Crippen molar-refractivity contribution in [2.75, 3.05) is 4.90 Å². The third kappa shape index (κ3) is 3.18. The van der Waals surface area contributed by atoms with Crippen molar-refractivity contribution in [3.63, 3.8) is 0 Å². The summed E-state index contributed by atoms with van der Waals surface area (Å²) in [6, 6.07) is 13.8. The van der Waals surface area contributed by atoms with Crippen LogP contribution < -0.4 is 9.64 Å². The molecule has 2 heterocycles. The molecule has 1 aliphatic rings. The van der Waals surface area contributed by atoms with Gasteiger partial charge in [-0.05, 0) is 44.0 Å². The Morgan fingerprint density at radius 1 is 1.19 bits per heavy atom. The Labute approximate surface area is 158 Å². The number of fused-ring (bicyclic) bond motifs is 1. The quantitative estimate of drug-likeness (QED) is 0.707. The SMILES string of the molecule is CC(=O)N1c2ccc(-c3cn(C)nn3)c(Oc3ccccc3)c2CC[C@@H]1C. The summed E-state index contributed by atoms with van der Waals surface area (Å²) in [6.07, 6.45) is 3.60. The summed E-state index contributed by atoms with van der Waals surface area (Å²) < 4.78 is 7.99. The van der Waals surface area contributed by atoms with E-state index >= 15 is 0 Å². The molecule has 0 aliphatic carbocycles. The fourth-order valence-electron chi connectivity index (χ4n) is 3.68. The van der Waals surface area contributed by atoms with E-state index < -0.39 is 0 Å². The Bertz CT molecular complexity index is 981. The van der Waals surface area contributed by atoms with E-state index in [2.05, 4.69) is 17.2 Å². The minimum absolute atomic E-state index is 0.0429. The van der Waals surface area contributed by atoms with Gasteiger partial charge in [-0.1, -0.05) is 23.4 Å². The van der Waals surface area contributed by atoms with E-state index in [9.17, 15) is 4.79 Å². The average Bonchev–Trinajstić information content (AvgIpc) is 3.08. The largest absolute Gasteiger partial charge is 0.456 e. The molecule has 6 nitrogen and oxygen atoms in total. The van der Waals surface area contributed by atoms with E-state index in [0.29, 0.717) is 0 Å². The zero-order valence-corrected chi connectivity index (χ0v) is 15.7. The molecule has 0 saturated heterocycles. The fourth-order valence-corrected chi connectivity index (χ4v) is 3.68. The lowest BCUT2D eigenvalue weighted by atomic mass is 9.93. The van der Waals surface area contributed by atoms with Crippen LogP contribution in [0.25, 0.3) is 11.3 Å². The van der Waals surface area contributed by atoms with Crippen LogP contribution in [-0.2, 0) is 18.3 Å². The van der Waals surface area contributed by atoms with Gasteiger partial charge in [-0.15, -0.1) is 5.10 Å². The number of hydrogen-bond donors (Lipinski definition) is 0. The highest BCUT2D eigenvalue weighted by atomic mass is 16.5. The van der Waals surface area contributed by atoms with Crippen molar-refractivity contribution in [2.24, 2.45) is 7.05 Å².